The third kappa shape index (κ3) is 1.42. The molecule has 0 amide bonds. The molecule has 0 atom stereocenters. The second-order valence-electron chi connectivity index (χ2n) is 2.81. The van der Waals surface area contributed by atoms with Crippen molar-refractivity contribution in [2.75, 3.05) is 6.61 Å². The van der Waals surface area contributed by atoms with E-state index in [-0.39, 0.29) is 10.9 Å². The number of thiophene rings is 1. The van der Waals surface area contributed by atoms with Gasteiger partial charge in [-0.3, -0.25) is 0 Å². The summed E-state index contributed by atoms with van der Waals surface area (Å²) in [7, 11) is 0. The van der Waals surface area contributed by atoms with Gasteiger partial charge in [-0.05, 0) is 25.1 Å². The van der Waals surface area contributed by atoms with Crippen LogP contribution >= 0.6 is 11.3 Å². The highest BCUT2D eigenvalue weighted by atomic mass is 32.1. The fraction of sp³-hybridized carbons (Fsp3) is 0.200. The van der Waals surface area contributed by atoms with Crippen LogP contribution in [-0.4, -0.2) is 11.7 Å². The highest BCUT2D eigenvalue weighted by molar-refractivity contribution is 7.21. The molecule has 0 aliphatic rings. The Morgan fingerprint density at radius 3 is 3.00 bits per heavy atom. The lowest BCUT2D eigenvalue weighted by atomic mass is 10.2. The maximum Gasteiger partial charge on any atom is 0.215 e. The molecule has 14 heavy (non-hydrogen) atoms. The van der Waals surface area contributed by atoms with Crippen molar-refractivity contribution in [3.05, 3.63) is 24.0 Å². The summed E-state index contributed by atoms with van der Waals surface area (Å²) < 4.78 is 19.0. The topological polar surface area (TPSA) is 29.5 Å². The van der Waals surface area contributed by atoms with Crippen LogP contribution in [0.5, 0.6) is 10.8 Å². The molecule has 0 spiro atoms. The van der Waals surface area contributed by atoms with Crippen LogP contribution in [0.2, 0.25) is 0 Å². The van der Waals surface area contributed by atoms with Crippen molar-refractivity contribution in [2.45, 2.75) is 6.92 Å². The van der Waals surface area contributed by atoms with Gasteiger partial charge >= 0.3 is 0 Å². The Labute approximate surface area is 84.6 Å². The van der Waals surface area contributed by atoms with Gasteiger partial charge in [0.2, 0.25) is 5.06 Å². The second-order valence-corrected chi connectivity index (χ2v) is 3.84. The molecule has 4 heteroatoms. The predicted molar refractivity (Wildman–Crippen MR) is 54.6 cm³/mol. The SMILES string of the molecule is CCOc1c(O)sc2ccc(F)cc12. The molecule has 0 unspecified atom stereocenters. The summed E-state index contributed by atoms with van der Waals surface area (Å²) in [6.45, 7) is 2.28. The van der Waals surface area contributed by atoms with E-state index in [0.717, 1.165) is 4.70 Å². The van der Waals surface area contributed by atoms with Crippen molar-refractivity contribution in [1.29, 1.82) is 0 Å². The van der Waals surface area contributed by atoms with Crippen LogP contribution in [0.15, 0.2) is 18.2 Å². The van der Waals surface area contributed by atoms with Gasteiger partial charge in [0.15, 0.2) is 5.75 Å². The molecule has 74 valence electrons. The van der Waals surface area contributed by atoms with Gasteiger partial charge < -0.3 is 9.84 Å². The molecule has 1 heterocycles. The largest absolute Gasteiger partial charge is 0.497 e. The van der Waals surface area contributed by atoms with E-state index in [4.69, 9.17) is 4.74 Å². The highest BCUT2D eigenvalue weighted by Crippen LogP contribution is 2.43. The molecule has 1 aromatic carbocycles. The van der Waals surface area contributed by atoms with Crippen molar-refractivity contribution in [1.82, 2.24) is 0 Å². The maximum absolute atomic E-state index is 12.9. The fourth-order valence-electron chi connectivity index (χ4n) is 1.32. The van der Waals surface area contributed by atoms with E-state index in [0.29, 0.717) is 17.7 Å². The van der Waals surface area contributed by atoms with E-state index in [9.17, 15) is 9.50 Å². The lowest BCUT2D eigenvalue weighted by Gasteiger charge is -2.00. The second kappa shape index (κ2) is 3.46. The molecule has 2 nitrogen and oxygen atoms in total. The van der Waals surface area contributed by atoms with Gasteiger partial charge in [-0.2, -0.15) is 0 Å². The number of aromatic hydroxyl groups is 1. The van der Waals surface area contributed by atoms with Crippen LogP contribution in [0, 0.1) is 5.82 Å². The Balaban J connectivity index is 2.66. The first kappa shape index (κ1) is 9.27. The first-order valence-electron chi connectivity index (χ1n) is 4.26. The Morgan fingerprint density at radius 1 is 1.50 bits per heavy atom. The zero-order valence-corrected chi connectivity index (χ0v) is 8.40. The standard InChI is InChI=1S/C10H9FO2S/c1-2-13-9-7-5-6(11)3-4-8(7)14-10(9)12/h3-5,12H,2H2,1H3. The summed E-state index contributed by atoms with van der Waals surface area (Å²) in [4.78, 5) is 0. The van der Waals surface area contributed by atoms with Crippen LogP contribution in [0.1, 0.15) is 6.92 Å². The normalized spacial score (nSPS) is 10.7. The Bertz CT molecular complexity index is 464. The highest BCUT2D eigenvalue weighted by Gasteiger charge is 2.12. The molecule has 0 aliphatic heterocycles. The van der Waals surface area contributed by atoms with Crippen molar-refractivity contribution in [3.63, 3.8) is 0 Å². The smallest absolute Gasteiger partial charge is 0.215 e. The minimum absolute atomic E-state index is 0.104. The van der Waals surface area contributed by atoms with E-state index in [1.165, 1.54) is 23.5 Å². The summed E-state index contributed by atoms with van der Waals surface area (Å²) in [6, 6.07) is 4.38. The molecule has 1 aromatic heterocycles. The lowest BCUT2D eigenvalue weighted by molar-refractivity contribution is 0.326. The van der Waals surface area contributed by atoms with Gasteiger partial charge in [-0.1, -0.05) is 11.3 Å². The predicted octanol–water partition coefficient (Wildman–Crippen LogP) is 3.14. The van der Waals surface area contributed by atoms with E-state index in [1.807, 2.05) is 6.92 Å². The molecular formula is C10H9FO2S. The van der Waals surface area contributed by atoms with E-state index >= 15 is 0 Å². The molecule has 0 bridgehead atoms. The minimum Gasteiger partial charge on any atom is -0.497 e. The van der Waals surface area contributed by atoms with Gasteiger partial charge in [-0.15, -0.1) is 0 Å². The number of ether oxygens (including phenoxy) is 1. The van der Waals surface area contributed by atoms with Crippen molar-refractivity contribution in [3.8, 4) is 10.8 Å². The quantitative estimate of drug-likeness (QED) is 0.828. The molecule has 0 aliphatic carbocycles. The number of fused-ring (bicyclic) bond motifs is 1. The van der Waals surface area contributed by atoms with Gasteiger partial charge in [0.1, 0.15) is 5.82 Å². The van der Waals surface area contributed by atoms with Crippen LogP contribution in [0.4, 0.5) is 4.39 Å². The zero-order valence-electron chi connectivity index (χ0n) is 7.58. The zero-order chi connectivity index (χ0) is 10.1. The molecular weight excluding hydrogens is 203 g/mol. The average molecular weight is 212 g/mol. The average Bonchev–Trinajstić information content (AvgIpc) is 2.45. The molecule has 0 saturated carbocycles. The molecule has 1 N–H and O–H groups in total. The van der Waals surface area contributed by atoms with E-state index in [2.05, 4.69) is 0 Å². The van der Waals surface area contributed by atoms with Crippen LogP contribution in [0.25, 0.3) is 10.1 Å². The minimum atomic E-state index is -0.323. The molecule has 2 rings (SSSR count). The molecule has 2 aromatic rings. The van der Waals surface area contributed by atoms with Gasteiger partial charge in [0.25, 0.3) is 0 Å². The maximum atomic E-state index is 12.9. The summed E-state index contributed by atoms with van der Waals surface area (Å²) >= 11 is 1.19. The molecule has 0 fully saturated rings. The molecule has 0 radical (unpaired) electrons. The fourth-order valence-corrected chi connectivity index (χ4v) is 2.19. The Hall–Kier alpha value is -1.29. The van der Waals surface area contributed by atoms with Crippen molar-refractivity contribution >= 4 is 21.4 Å². The first-order valence-corrected chi connectivity index (χ1v) is 5.08. The van der Waals surface area contributed by atoms with Gasteiger partial charge in [0, 0.05) is 10.1 Å². The monoisotopic (exact) mass is 212 g/mol. The Kier molecular flexibility index (Phi) is 2.29. The first-order chi connectivity index (χ1) is 6.72. The van der Waals surface area contributed by atoms with E-state index in [1.54, 1.807) is 6.07 Å². The number of hydrogen-bond acceptors (Lipinski definition) is 3. The number of hydrogen-bond donors (Lipinski definition) is 1. The number of rotatable bonds is 2. The summed E-state index contributed by atoms with van der Waals surface area (Å²) in [6.07, 6.45) is 0. The number of halogens is 1. The van der Waals surface area contributed by atoms with Crippen LogP contribution in [0.3, 0.4) is 0 Å². The van der Waals surface area contributed by atoms with Crippen LogP contribution < -0.4 is 4.74 Å². The van der Waals surface area contributed by atoms with E-state index < -0.39 is 0 Å². The van der Waals surface area contributed by atoms with Gasteiger partial charge in [0.05, 0.1) is 6.61 Å². The summed E-state index contributed by atoms with van der Waals surface area (Å²) in [5.74, 6) is 0.0586. The lowest BCUT2D eigenvalue weighted by Crippen LogP contribution is -1.90. The Morgan fingerprint density at radius 2 is 2.29 bits per heavy atom. The third-order valence-electron chi connectivity index (χ3n) is 1.88. The van der Waals surface area contributed by atoms with Gasteiger partial charge in [-0.25, -0.2) is 4.39 Å². The summed E-state index contributed by atoms with van der Waals surface area (Å²) in [5.41, 5.74) is 0. The molecule has 0 saturated heterocycles. The third-order valence-corrected chi connectivity index (χ3v) is 2.83. The number of benzene rings is 1. The summed E-state index contributed by atoms with van der Waals surface area (Å²) in [5, 5.41) is 10.3. The van der Waals surface area contributed by atoms with Crippen LogP contribution in [-0.2, 0) is 0 Å². The van der Waals surface area contributed by atoms with Crippen molar-refractivity contribution < 1.29 is 14.2 Å². The van der Waals surface area contributed by atoms with Crippen molar-refractivity contribution in [2.24, 2.45) is 0 Å².